The molecule has 0 fully saturated rings. The molecule has 12 nitrogen and oxygen atoms in total. The van der Waals surface area contributed by atoms with Crippen LogP contribution in [0.4, 0.5) is 34.4 Å². The van der Waals surface area contributed by atoms with Gasteiger partial charge in [-0.05, 0) is 75.2 Å². The zero-order valence-electron chi connectivity index (χ0n) is 34.5. The van der Waals surface area contributed by atoms with Gasteiger partial charge in [0.05, 0.1) is 6.04 Å². The average molecular weight is 994 g/mol. The predicted molar refractivity (Wildman–Crippen MR) is 236 cm³/mol. The molecule has 1 radical (unpaired) electrons. The van der Waals surface area contributed by atoms with Crippen LogP contribution < -0.4 is 24.3 Å². The van der Waals surface area contributed by atoms with Crippen molar-refractivity contribution in [3.05, 3.63) is 195 Å². The molecule has 4 aromatic carbocycles. The van der Waals surface area contributed by atoms with Crippen molar-refractivity contribution in [3.8, 4) is 11.4 Å². The van der Waals surface area contributed by atoms with E-state index in [9.17, 15) is 0 Å². The first-order valence-electron chi connectivity index (χ1n) is 20.6. The van der Waals surface area contributed by atoms with E-state index < -0.39 is 0 Å². The Kier molecular flexibility index (Phi) is 13.4. The summed E-state index contributed by atoms with van der Waals surface area (Å²) in [6, 6.07) is 51.4. The molecule has 6 heterocycles. The minimum atomic E-state index is 0. The van der Waals surface area contributed by atoms with E-state index in [0.717, 1.165) is 71.6 Å². The van der Waals surface area contributed by atoms with Crippen molar-refractivity contribution < 1.29 is 24.8 Å². The number of unbranched alkanes of at least 4 members (excludes halogenated alkanes) is 1. The van der Waals surface area contributed by atoms with E-state index in [2.05, 4.69) is 145 Å². The summed E-state index contributed by atoms with van der Waals surface area (Å²) >= 11 is 0. The third kappa shape index (κ3) is 9.59. The Morgan fingerprint density at radius 2 is 1.19 bits per heavy atom. The van der Waals surface area contributed by atoms with Crippen LogP contribution in [0.3, 0.4) is 0 Å². The first-order valence-corrected chi connectivity index (χ1v) is 20.6. The first-order chi connectivity index (χ1) is 30.1. The largest absolute Gasteiger partial charge is 0.500 e. The summed E-state index contributed by atoms with van der Waals surface area (Å²) < 4.78 is 5.45. The second-order valence-corrected chi connectivity index (χ2v) is 15.0. The molecule has 0 amide bonds. The van der Waals surface area contributed by atoms with Crippen molar-refractivity contribution in [3.63, 3.8) is 0 Å². The van der Waals surface area contributed by atoms with Gasteiger partial charge in [0.1, 0.15) is 18.2 Å². The fraction of sp³-hybridized carbons (Fsp3) is 0.184. The summed E-state index contributed by atoms with van der Waals surface area (Å²) in [6.07, 6.45) is 12.4. The molecule has 0 saturated carbocycles. The van der Waals surface area contributed by atoms with Crippen LogP contribution in [0.2, 0.25) is 0 Å². The molecule has 0 bridgehead atoms. The quantitative estimate of drug-likeness (QED) is 0.0642. The summed E-state index contributed by atoms with van der Waals surface area (Å²) in [4.78, 5) is 18.1. The molecular weight excluding hydrogens is 949 g/mol. The van der Waals surface area contributed by atoms with Gasteiger partial charge in [-0.15, -0.1) is 16.6 Å². The zero-order chi connectivity index (χ0) is 41.4. The van der Waals surface area contributed by atoms with E-state index in [1.807, 2.05) is 107 Å². The molecule has 10 rings (SSSR count). The maximum Gasteiger partial charge on any atom is 0.124 e. The topological polar surface area (TPSA) is 91.2 Å². The Morgan fingerprint density at radius 1 is 0.645 bits per heavy atom. The van der Waals surface area contributed by atoms with Crippen molar-refractivity contribution in [1.82, 2.24) is 34.9 Å². The van der Waals surface area contributed by atoms with Crippen LogP contribution in [0.1, 0.15) is 43.9 Å². The van der Waals surface area contributed by atoms with Gasteiger partial charge < -0.3 is 24.3 Å². The van der Waals surface area contributed by atoms with Crippen LogP contribution in [-0.4, -0.2) is 47.9 Å². The summed E-state index contributed by atoms with van der Waals surface area (Å²) in [7, 11) is 0. The third-order valence-electron chi connectivity index (χ3n) is 10.3. The Hall–Kier alpha value is -6.69. The van der Waals surface area contributed by atoms with Gasteiger partial charge >= 0.3 is 0 Å². The number of hydrogen-bond donors (Lipinski definition) is 0. The van der Waals surface area contributed by atoms with Crippen molar-refractivity contribution in [2.75, 3.05) is 32.7 Å². The second kappa shape index (κ2) is 19.8. The second-order valence-electron chi connectivity index (χ2n) is 15.0. The van der Waals surface area contributed by atoms with Gasteiger partial charge in [-0.1, -0.05) is 72.6 Å². The molecule has 4 aromatic heterocycles. The van der Waals surface area contributed by atoms with Crippen molar-refractivity contribution in [2.45, 2.75) is 45.8 Å². The molecule has 2 aliphatic heterocycles. The number of rotatable bonds is 13. The zero-order valence-corrected chi connectivity index (χ0v) is 36.9. The molecule has 62 heavy (non-hydrogen) atoms. The molecule has 0 aliphatic carbocycles. The molecule has 13 heteroatoms. The van der Waals surface area contributed by atoms with Crippen molar-refractivity contribution >= 4 is 34.4 Å². The summed E-state index contributed by atoms with van der Waals surface area (Å²) in [5.41, 5.74) is 8.04. The number of para-hydroxylation sites is 2. The number of aromatic nitrogens is 8. The smallest absolute Gasteiger partial charge is 0.124 e. The molecule has 0 N–H and O–H groups in total. The molecule has 2 aliphatic rings. The van der Waals surface area contributed by atoms with E-state index in [1.165, 1.54) is 5.56 Å². The van der Waals surface area contributed by atoms with Crippen molar-refractivity contribution in [1.29, 1.82) is 0 Å². The minimum Gasteiger partial charge on any atom is -0.500 e. The number of hydrogen-bond acceptors (Lipinski definition) is 9. The molecule has 0 unspecified atom stereocenters. The van der Waals surface area contributed by atoms with Gasteiger partial charge in [0, 0.05) is 55.6 Å². The Bertz CT molecular complexity index is 2520. The Labute approximate surface area is 377 Å². The monoisotopic (exact) mass is 994 g/mol. The molecule has 0 atom stereocenters. The number of pyridine rings is 2. The van der Waals surface area contributed by atoms with E-state index in [-0.39, 0.29) is 26.1 Å². The van der Waals surface area contributed by atoms with Gasteiger partial charge in [0.2, 0.25) is 0 Å². The van der Waals surface area contributed by atoms with E-state index in [0.29, 0.717) is 18.8 Å². The summed E-state index contributed by atoms with van der Waals surface area (Å²) in [6.45, 7) is 11.6. The van der Waals surface area contributed by atoms with Gasteiger partial charge in [0.25, 0.3) is 0 Å². The summed E-state index contributed by atoms with van der Waals surface area (Å²) in [5, 5.41) is 13.2. The SMILES string of the molecule is CC(C)n1n[n+](Cc2ccccc2)[c-]c1-c1[c-]n(Cc2ccccc2)nn1.[Ir].[c-]1ccccc1N1[CH-]N(CCCCN2[CH-]N(c3[c-]cccc3)c3ncccc32)c2cccnc21. The molecule has 315 valence electrons. The van der Waals surface area contributed by atoms with Crippen LogP contribution >= 0.6 is 0 Å². The maximum absolute atomic E-state index is 4.66. The maximum atomic E-state index is 4.66. The summed E-state index contributed by atoms with van der Waals surface area (Å²) in [5.74, 6) is 1.90. The molecular formula is C49H45IrN12-5. The normalized spacial score (nSPS) is 12.8. The molecule has 8 aromatic rings. The van der Waals surface area contributed by atoms with E-state index in [1.54, 1.807) is 4.68 Å². The number of fused-ring (bicyclic) bond motifs is 2. The molecule has 0 saturated heterocycles. The Morgan fingerprint density at radius 3 is 1.73 bits per heavy atom. The van der Waals surface area contributed by atoms with Gasteiger partial charge in [-0.2, -0.15) is 79.7 Å². The van der Waals surface area contributed by atoms with Crippen molar-refractivity contribution in [2.24, 2.45) is 0 Å². The molecule has 0 spiro atoms. The third-order valence-corrected chi connectivity index (χ3v) is 10.3. The number of nitrogens with zero attached hydrogens (tertiary/aromatic N) is 12. The predicted octanol–water partition coefficient (Wildman–Crippen LogP) is 8.42. The van der Waals surface area contributed by atoms with E-state index >= 15 is 0 Å². The van der Waals surface area contributed by atoms with Crippen LogP contribution in [0.25, 0.3) is 11.4 Å². The first kappa shape index (κ1) is 42.0. The van der Waals surface area contributed by atoms with Gasteiger partial charge in [-0.3, -0.25) is 5.10 Å². The fourth-order valence-electron chi connectivity index (χ4n) is 7.35. The van der Waals surface area contributed by atoms with E-state index in [4.69, 9.17) is 0 Å². The van der Waals surface area contributed by atoms with Gasteiger partial charge in [-0.25, -0.2) is 25.5 Å². The van der Waals surface area contributed by atoms with Crippen LogP contribution in [-0.2, 0) is 33.2 Å². The standard InChI is InChI=1S/C28H24N6.C21H21N6.Ir/c1-3-11-23(12-4-1)33-21-31(25-15-9-17-29-27(25)33)19-7-8-20-32-22-34(24-13-5-2-6-14-24)28-26(32)16-10-18-30-28;1-17(2)27-21(16-26(24-27)14-19-11-7-4-8-12-19)20-15-25(23-22-20)13-18-9-5-3-6-10-18;/h1-6,9-11,13,15-18,21-22H,7-8,19-20H2;3-12,17H,13-14H2,1-2H3;/q-4;-1;. The Balaban J connectivity index is 0.000000172. The van der Waals surface area contributed by atoms with Crippen LogP contribution in [0, 0.1) is 37.9 Å². The fourth-order valence-corrected chi connectivity index (χ4v) is 7.35. The minimum absolute atomic E-state index is 0. The average Bonchev–Trinajstić information content (AvgIpc) is 4.12. The van der Waals surface area contributed by atoms with Crippen LogP contribution in [0.15, 0.2) is 146 Å². The number of benzene rings is 4. The van der Waals surface area contributed by atoms with Crippen LogP contribution in [0.5, 0.6) is 0 Å². The van der Waals surface area contributed by atoms with Gasteiger partial charge in [0.15, 0.2) is 0 Å². The number of anilines is 6.